The first-order chi connectivity index (χ1) is 5.64. The average Bonchev–Trinajstić information content (AvgIpc) is 2.35. The highest BCUT2D eigenvalue weighted by atomic mass is 19.1. The van der Waals surface area contributed by atoms with Gasteiger partial charge in [0.25, 0.3) is 0 Å². The molecule has 1 aliphatic heterocycles. The smallest absolute Gasteiger partial charge is 0.243 e. The normalized spacial score (nSPS) is 29.9. The van der Waals surface area contributed by atoms with Gasteiger partial charge in [-0.2, -0.15) is 0 Å². The molecule has 1 rings (SSSR count). The zero-order valence-electron chi connectivity index (χ0n) is 7.56. The Kier molecular flexibility index (Phi) is 2.67. The van der Waals surface area contributed by atoms with Gasteiger partial charge in [-0.15, -0.1) is 0 Å². The van der Waals surface area contributed by atoms with Crippen LogP contribution >= 0.6 is 0 Å². The molecule has 12 heavy (non-hydrogen) atoms. The van der Waals surface area contributed by atoms with Gasteiger partial charge >= 0.3 is 0 Å². The van der Waals surface area contributed by atoms with E-state index in [2.05, 4.69) is 5.32 Å². The third kappa shape index (κ3) is 1.43. The van der Waals surface area contributed by atoms with Crippen molar-refractivity contribution >= 4 is 5.91 Å². The van der Waals surface area contributed by atoms with Crippen LogP contribution in [-0.4, -0.2) is 36.2 Å². The first-order valence-electron chi connectivity index (χ1n) is 4.24. The van der Waals surface area contributed by atoms with Crippen molar-refractivity contribution in [2.45, 2.75) is 25.8 Å². The van der Waals surface area contributed by atoms with Crippen LogP contribution < -0.4 is 5.32 Å². The van der Waals surface area contributed by atoms with Gasteiger partial charge in [0.2, 0.25) is 5.91 Å². The number of rotatable bonds is 3. The van der Waals surface area contributed by atoms with Gasteiger partial charge in [0.05, 0.1) is 18.8 Å². The zero-order valence-corrected chi connectivity index (χ0v) is 7.56. The fourth-order valence-corrected chi connectivity index (χ4v) is 1.33. The lowest BCUT2D eigenvalue weighted by Gasteiger charge is -2.20. The summed E-state index contributed by atoms with van der Waals surface area (Å²) in [6, 6.07) is 0. The summed E-state index contributed by atoms with van der Waals surface area (Å²) in [5.41, 5.74) is -0.463. The molecule has 3 nitrogen and oxygen atoms in total. The Morgan fingerprint density at radius 3 is 2.83 bits per heavy atom. The van der Waals surface area contributed by atoms with E-state index in [9.17, 15) is 9.18 Å². The topological polar surface area (TPSA) is 32.3 Å². The Labute approximate surface area is 71.9 Å². The highest BCUT2D eigenvalue weighted by Gasteiger charge is 2.40. The summed E-state index contributed by atoms with van der Waals surface area (Å²) >= 11 is 0. The number of nitrogens with one attached hydrogen (secondary N) is 1. The molecule has 0 aromatic heterocycles. The Morgan fingerprint density at radius 1 is 1.75 bits per heavy atom. The Hall–Kier alpha value is -0.640. The molecule has 4 heteroatoms. The SMILES string of the molecule is CCC1(C)NCN(CCF)C1=O. The van der Waals surface area contributed by atoms with Gasteiger partial charge in [-0.3, -0.25) is 10.1 Å². The molecule has 1 amide bonds. The second-order valence-electron chi connectivity index (χ2n) is 3.28. The quantitative estimate of drug-likeness (QED) is 0.676. The maximum atomic E-state index is 12.0. The molecule has 1 fully saturated rings. The lowest BCUT2D eigenvalue weighted by Crippen LogP contribution is -2.43. The molecule has 1 heterocycles. The van der Waals surface area contributed by atoms with Crippen LogP contribution in [0.1, 0.15) is 20.3 Å². The molecule has 1 atom stereocenters. The molecule has 0 saturated carbocycles. The van der Waals surface area contributed by atoms with Gasteiger partial charge in [-0.1, -0.05) is 6.92 Å². The predicted octanol–water partition coefficient (Wildman–Crippen LogP) is 0.514. The molecular formula is C8H15FN2O. The van der Waals surface area contributed by atoms with Crippen molar-refractivity contribution in [2.75, 3.05) is 19.9 Å². The highest BCUT2D eigenvalue weighted by molar-refractivity contribution is 5.87. The number of hydrogen-bond donors (Lipinski definition) is 1. The Balaban J connectivity index is 2.60. The summed E-state index contributed by atoms with van der Waals surface area (Å²) in [4.78, 5) is 13.1. The molecule has 1 saturated heterocycles. The van der Waals surface area contributed by atoms with Crippen LogP contribution in [0.25, 0.3) is 0 Å². The molecule has 0 aromatic rings. The van der Waals surface area contributed by atoms with Crippen molar-refractivity contribution in [3.63, 3.8) is 0 Å². The third-order valence-electron chi connectivity index (χ3n) is 2.48. The fraction of sp³-hybridized carbons (Fsp3) is 0.875. The van der Waals surface area contributed by atoms with Gasteiger partial charge in [-0.05, 0) is 13.3 Å². The fourth-order valence-electron chi connectivity index (χ4n) is 1.33. The third-order valence-corrected chi connectivity index (χ3v) is 2.48. The van der Waals surface area contributed by atoms with Crippen molar-refractivity contribution in [3.8, 4) is 0 Å². The first-order valence-corrected chi connectivity index (χ1v) is 4.24. The largest absolute Gasteiger partial charge is 0.326 e. The molecule has 0 spiro atoms. The minimum absolute atomic E-state index is 0.0163. The van der Waals surface area contributed by atoms with Crippen molar-refractivity contribution in [3.05, 3.63) is 0 Å². The lowest BCUT2D eigenvalue weighted by molar-refractivity contribution is -0.132. The summed E-state index contributed by atoms with van der Waals surface area (Å²) < 4.78 is 12.0. The van der Waals surface area contributed by atoms with Crippen LogP contribution in [0.5, 0.6) is 0 Å². The highest BCUT2D eigenvalue weighted by Crippen LogP contribution is 2.18. The van der Waals surface area contributed by atoms with E-state index in [1.54, 1.807) is 0 Å². The van der Waals surface area contributed by atoms with Crippen LogP contribution in [0, 0.1) is 0 Å². The maximum Gasteiger partial charge on any atom is 0.243 e. The second kappa shape index (κ2) is 3.39. The van der Waals surface area contributed by atoms with Crippen LogP contribution in [0.3, 0.4) is 0 Å². The van der Waals surface area contributed by atoms with Gasteiger partial charge in [0, 0.05) is 0 Å². The standard InChI is InChI=1S/C8H15FN2O/c1-3-8(2)7(12)11(5-4-9)6-10-8/h10H,3-6H2,1-2H3. The first kappa shape index (κ1) is 9.45. The van der Waals surface area contributed by atoms with Crippen molar-refractivity contribution in [1.29, 1.82) is 0 Å². The number of carbonyl (C=O) groups excluding carboxylic acids is 1. The second-order valence-corrected chi connectivity index (χ2v) is 3.28. The lowest BCUT2D eigenvalue weighted by atomic mass is 10.00. The number of carbonyl (C=O) groups is 1. The van der Waals surface area contributed by atoms with Crippen LogP contribution in [0.15, 0.2) is 0 Å². The maximum absolute atomic E-state index is 12.0. The molecule has 0 aliphatic carbocycles. The molecule has 1 aliphatic rings. The molecule has 70 valence electrons. The molecule has 1 unspecified atom stereocenters. The summed E-state index contributed by atoms with van der Waals surface area (Å²) in [7, 11) is 0. The minimum Gasteiger partial charge on any atom is -0.326 e. The minimum atomic E-state index is -0.465. The number of halogens is 1. The van der Waals surface area contributed by atoms with Crippen LogP contribution in [0.4, 0.5) is 4.39 Å². The van der Waals surface area contributed by atoms with E-state index in [0.717, 1.165) is 6.42 Å². The van der Waals surface area contributed by atoms with E-state index >= 15 is 0 Å². The Bertz CT molecular complexity index is 186. The average molecular weight is 174 g/mol. The van der Waals surface area contributed by atoms with Crippen molar-refractivity contribution in [2.24, 2.45) is 0 Å². The summed E-state index contributed by atoms with van der Waals surface area (Å²) in [5, 5.41) is 3.08. The van der Waals surface area contributed by atoms with Crippen LogP contribution in [0.2, 0.25) is 0 Å². The molecular weight excluding hydrogens is 159 g/mol. The summed E-state index contributed by atoms with van der Waals surface area (Å²) in [6.07, 6.45) is 0.745. The van der Waals surface area contributed by atoms with E-state index in [0.29, 0.717) is 6.67 Å². The number of nitrogens with zero attached hydrogens (tertiary/aromatic N) is 1. The number of hydrogen-bond acceptors (Lipinski definition) is 2. The van der Waals surface area contributed by atoms with E-state index in [1.807, 2.05) is 13.8 Å². The van der Waals surface area contributed by atoms with E-state index in [4.69, 9.17) is 0 Å². The van der Waals surface area contributed by atoms with Crippen LogP contribution in [-0.2, 0) is 4.79 Å². The molecule has 0 aromatic carbocycles. The summed E-state index contributed by atoms with van der Waals surface area (Å²) in [6.45, 7) is 4.03. The van der Waals surface area contributed by atoms with Gasteiger partial charge in [0.15, 0.2) is 0 Å². The van der Waals surface area contributed by atoms with Gasteiger partial charge < -0.3 is 4.90 Å². The van der Waals surface area contributed by atoms with E-state index < -0.39 is 12.2 Å². The van der Waals surface area contributed by atoms with Gasteiger partial charge in [0.1, 0.15) is 6.67 Å². The molecule has 0 bridgehead atoms. The zero-order chi connectivity index (χ0) is 9.19. The predicted molar refractivity (Wildman–Crippen MR) is 44.4 cm³/mol. The molecule has 0 radical (unpaired) electrons. The van der Waals surface area contributed by atoms with Crippen molar-refractivity contribution < 1.29 is 9.18 Å². The van der Waals surface area contributed by atoms with Gasteiger partial charge in [-0.25, -0.2) is 4.39 Å². The van der Waals surface area contributed by atoms with E-state index in [1.165, 1.54) is 4.90 Å². The summed E-state index contributed by atoms with van der Waals surface area (Å²) in [5.74, 6) is 0.0163. The molecule has 1 N–H and O–H groups in total. The van der Waals surface area contributed by atoms with Crippen molar-refractivity contribution in [1.82, 2.24) is 10.2 Å². The number of amides is 1. The Morgan fingerprint density at radius 2 is 2.42 bits per heavy atom. The van der Waals surface area contributed by atoms with E-state index in [-0.39, 0.29) is 12.5 Å². The number of alkyl halides is 1. The monoisotopic (exact) mass is 174 g/mol.